The highest BCUT2D eigenvalue weighted by atomic mass is 16.5. The Morgan fingerprint density at radius 3 is 2.65 bits per heavy atom. The molecule has 0 fully saturated rings. The number of carbonyl (C=O) groups is 1. The predicted octanol–water partition coefficient (Wildman–Crippen LogP) is 3.77. The first-order valence-corrected chi connectivity index (χ1v) is 8.10. The number of methoxy groups -OCH3 is 1. The van der Waals surface area contributed by atoms with Crippen molar-refractivity contribution in [2.75, 3.05) is 12.4 Å². The lowest BCUT2D eigenvalue weighted by molar-refractivity contribution is 0.0693. The number of anilines is 1. The summed E-state index contributed by atoms with van der Waals surface area (Å²) >= 11 is 0. The fourth-order valence-corrected chi connectivity index (χ4v) is 2.60. The molecule has 3 aromatic rings. The molecule has 0 aliphatic carbocycles. The summed E-state index contributed by atoms with van der Waals surface area (Å²) in [6, 6.07) is 13.4. The number of rotatable bonds is 6. The van der Waals surface area contributed by atoms with E-state index in [4.69, 9.17) is 4.74 Å². The number of aromatic nitrogens is 2. The summed E-state index contributed by atoms with van der Waals surface area (Å²) in [4.78, 5) is 20.0. The van der Waals surface area contributed by atoms with E-state index >= 15 is 0 Å². The van der Waals surface area contributed by atoms with Crippen LogP contribution in [0.25, 0.3) is 11.3 Å². The summed E-state index contributed by atoms with van der Waals surface area (Å²) in [7, 11) is 1.42. The topological polar surface area (TPSA) is 84.3 Å². The molecule has 26 heavy (non-hydrogen) atoms. The second-order valence-corrected chi connectivity index (χ2v) is 5.85. The van der Waals surface area contributed by atoms with Gasteiger partial charge in [0.25, 0.3) is 0 Å². The molecule has 0 atom stereocenters. The van der Waals surface area contributed by atoms with Crippen molar-refractivity contribution in [3.05, 3.63) is 71.5 Å². The molecule has 0 radical (unpaired) electrons. The van der Waals surface area contributed by atoms with Crippen molar-refractivity contribution in [2.45, 2.75) is 13.5 Å². The van der Waals surface area contributed by atoms with Gasteiger partial charge in [0.05, 0.1) is 19.0 Å². The number of aromatic carboxylic acids is 1. The summed E-state index contributed by atoms with van der Waals surface area (Å²) in [6.45, 7) is 2.74. The van der Waals surface area contributed by atoms with E-state index in [0.717, 1.165) is 11.4 Å². The number of hydrogen-bond donors (Lipinski definition) is 2. The zero-order chi connectivity index (χ0) is 18.5. The van der Waals surface area contributed by atoms with E-state index in [2.05, 4.69) is 40.4 Å². The number of nitrogens with one attached hydrogen (secondary N) is 1. The van der Waals surface area contributed by atoms with Gasteiger partial charge in [-0.1, -0.05) is 29.8 Å². The Morgan fingerprint density at radius 1 is 1.15 bits per heavy atom. The van der Waals surface area contributed by atoms with Gasteiger partial charge >= 0.3 is 5.97 Å². The molecule has 0 saturated carbocycles. The second kappa shape index (κ2) is 7.65. The molecular weight excluding hydrogens is 330 g/mol. The number of hydrogen-bond acceptors (Lipinski definition) is 5. The van der Waals surface area contributed by atoms with Crippen LogP contribution in [0.5, 0.6) is 5.75 Å². The Kier molecular flexibility index (Phi) is 5.12. The van der Waals surface area contributed by atoms with E-state index in [1.165, 1.54) is 30.5 Å². The first kappa shape index (κ1) is 17.4. The largest absolute Gasteiger partial charge is 0.494 e. The quantitative estimate of drug-likeness (QED) is 0.705. The Hall–Kier alpha value is -3.41. The Morgan fingerprint density at radius 2 is 2.00 bits per heavy atom. The van der Waals surface area contributed by atoms with Gasteiger partial charge in [0.15, 0.2) is 5.75 Å². The Bertz CT molecular complexity index is 924. The van der Waals surface area contributed by atoms with Gasteiger partial charge in [-0.2, -0.15) is 0 Å². The van der Waals surface area contributed by atoms with Crippen molar-refractivity contribution in [1.82, 2.24) is 9.97 Å². The molecule has 2 heterocycles. The highest BCUT2D eigenvalue weighted by molar-refractivity contribution is 5.92. The van der Waals surface area contributed by atoms with Crippen molar-refractivity contribution in [2.24, 2.45) is 0 Å². The number of carboxylic acids is 1. The molecule has 0 unspecified atom stereocenters. The molecule has 0 bridgehead atoms. The second-order valence-electron chi connectivity index (χ2n) is 5.85. The lowest BCUT2D eigenvalue weighted by Gasteiger charge is -2.09. The van der Waals surface area contributed by atoms with Crippen LogP contribution in [0.2, 0.25) is 0 Å². The zero-order valence-electron chi connectivity index (χ0n) is 14.6. The van der Waals surface area contributed by atoms with E-state index in [0.29, 0.717) is 12.2 Å². The first-order chi connectivity index (χ1) is 12.6. The van der Waals surface area contributed by atoms with E-state index in [9.17, 15) is 9.90 Å². The molecule has 2 aromatic heterocycles. The normalized spacial score (nSPS) is 10.4. The van der Waals surface area contributed by atoms with Crippen LogP contribution in [-0.2, 0) is 6.54 Å². The molecule has 6 heteroatoms. The molecular formula is C20H19N3O3. The number of ether oxygens (including phenoxy) is 1. The van der Waals surface area contributed by atoms with Crippen LogP contribution in [0.4, 0.5) is 5.82 Å². The van der Waals surface area contributed by atoms with E-state index in [1.807, 2.05) is 18.2 Å². The number of benzene rings is 1. The van der Waals surface area contributed by atoms with E-state index in [-0.39, 0.29) is 11.3 Å². The zero-order valence-corrected chi connectivity index (χ0v) is 14.6. The average molecular weight is 349 g/mol. The van der Waals surface area contributed by atoms with Crippen LogP contribution >= 0.6 is 0 Å². The minimum atomic E-state index is -1.06. The van der Waals surface area contributed by atoms with Gasteiger partial charge in [0, 0.05) is 18.3 Å². The molecule has 0 amide bonds. The van der Waals surface area contributed by atoms with Crippen molar-refractivity contribution < 1.29 is 14.6 Å². The maximum atomic E-state index is 11.3. The van der Waals surface area contributed by atoms with Gasteiger partial charge in [0.1, 0.15) is 11.4 Å². The van der Waals surface area contributed by atoms with Crippen molar-refractivity contribution >= 4 is 11.8 Å². The fraction of sp³-hybridized carbons (Fsp3) is 0.150. The minimum absolute atomic E-state index is 0.0687. The number of carboxylic acid groups (broad SMARTS) is 1. The SMILES string of the molecule is COc1cnc(-c2ccc(NCc3cccc(C)c3)nc2)cc1C(=O)O. The van der Waals surface area contributed by atoms with Gasteiger partial charge in [-0.25, -0.2) is 9.78 Å². The third kappa shape index (κ3) is 3.97. The van der Waals surface area contributed by atoms with Gasteiger partial charge in [-0.3, -0.25) is 4.98 Å². The molecule has 132 valence electrons. The summed E-state index contributed by atoms with van der Waals surface area (Å²) < 4.78 is 5.03. The van der Waals surface area contributed by atoms with Crippen LogP contribution in [-0.4, -0.2) is 28.2 Å². The van der Waals surface area contributed by atoms with Crippen LogP contribution < -0.4 is 10.1 Å². The number of aryl methyl sites for hydroxylation is 1. The predicted molar refractivity (Wildman–Crippen MR) is 99.5 cm³/mol. The van der Waals surface area contributed by atoms with E-state index in [1.54, 1.807) is 6.20 Å². The molecule has 6 nitrogen and oxygen atoms in total. The van der Waals surface area contributed by atoms with Gasteiger partial charge < -0.3 is 15.2 Å². The lowest BCUT2D eigenvalue weighted by Crippen LogP contribution is -2.03. The van der Waals surface area contributed by atoms with Crippen LogP contribution in [0.1, 0.15) is 21.5 Å². The lowest BCUT2D eigenvalue weighted by atomic mass is 10.1. The number of nitrogens with zero attached hydrogens (tertiary/aromatic N) is 2. The summed E-state index contributed by atoms with van der Waals surface area (Å²) in [5.74, 6) is -0.0947. The standard InChI is InChI=1S/C20H19N3O3/c1-13-4-3-5-14(8-13)10-22-19-7-6-15(11-23-19)17-9-16(20(24)25)18(26-2)12-21-17/h3-9,11-12H,10H2,1-2H3,(H,22,23)(H,24,25). The average Bonchev–Trinajstić information content (AvgIpc) is 2.66. The van der Waals surface area contributed by atoms with Gasteiger partial charge in [-0.15, -0.1) is 0 Å². The maximum Gasteiger partial charge on any atom is 0.339 e. The van der Waals surface area contributed by atoms with Crippen LogP contribution in [0.15, 0.2) is 54.9 Å². The first-order valence-electron chi connectivity index (χ1n) is 8.10. The minimum Gasteiger partial charge on any atom is -0.494 e. The van der Waals surface area contributed by atoms with Crippen molar-refractivity contribution in [3.63, 3.8) is 0 Å². The summed E-state index contributed by atoms with van der Waals surface area (Å²) in [5, 5.41) is 12.5. The summed E-state index contributed by atoms with van der Waals surface area (Å²) in [6.07, 6.45) is 3.07. The molecule has 0 saturated heterocycles. The smallest absolute Gasteiger partial charge is 0.339 e. The third-order valence-corrected chi connectivity index (χ3v) is 3.93. The molecule has 0 spiro atoms. The fourth-order valence-electron chi connectivity index (χ4n) is 2.60. The number of pyridine rings is 2. The van der Waals surface area contributed by atoms with Gasteiger partial charge in [0.2, 0.25) is 0 Å². The van der Waals surface area contributed by atoms with Crippen LogP contribution in [0.3, 0.4) is 0 Å². The monoisotopic (exact) mass is 349 g/mol. The molecule has 1 aromatic carbocycles. The summed E-state index contributed by atoms with van der Waals surface area (Å²) in [5.41, 5.74) is 3.72. The highest BCUT2D eigenvalue weighted by Crippen LogP contribution is 2.24. The van der Waals surface area contributed by atoms with Crippen molar-refractivity contribution in [1.29, 1.82) is 0 Å². The molecule has 2 N–H and O–H groups in total. The van der Waals surface area contributed by atoms with Crippen LogP contribution in [0, 0.1) is 6.92 Å². The van der Waals surface area contributed by atoms with Gasteiger partial charge in [-0.05, 0) is 30.7 Å². The Balaban J connectivity index is 1.75. The Labute approximate surface area is 151 Å². The highest BCUT2D eigenvalue weighted by Gasteiger charge is 2.13. The van der Waals surface area contributed by atoms with Crippen molar-refractivity contribution in [3.8, 4) is 17.0 Å². The molecule has 0 aliphatic rings. The molecule has 0 aliphatic heterocycles. The van der Waals surface area contributed by atoms with E-state index < -0.39 is 5.97 Å². The third-order valence-electron chi connectivity index (χ3n) is 3.93. The molecule has 3 rings (SSSR count). The maximum absolute atomic E-state index is 11.3.